The summed E-state index contributed by atoms with van der Waals surface area (Å²) < 4.78 is 0. The van der Waals surface area contributed by atoms with Crippen LogP contribution in [0.3, 0.4) is 0 Å². The first kappa shape index (κ1) is 31.8. The van der Waals surface area contributed by atoms with Gasteiger partial charge in [0.15, 0.2) is 0 Å². The summed E-state index contributed by atoms with van der Waals surface area (Å²) in [6.45, 7) is 10.3. The van der Waals surface area contributed by atoms with Crippen LogP contribution >= 0.6 is 0 Å². The molecule has 0 atom stereocenters. The molecule has 0 rings (SSSR count). The fourth-order valence-corrected chi connectivity index (χ4v) is 4.00. The van der Waals surface area contributed by atoms with Crippen molar-refractivity contribution in [2.45, 2.75) is 103 Å². The molecule has 0 aromatic rings. The van der Waals surface area contributed by atoms with Crippen molar-refractivity contribution in [3.05, 3.63) is 0 Å². The van der Waals surface area contributed by atoms with Crippen molar-refractivity contribution in [2.24, 2.45) is 11.5 Å². The zero-order valence-electron chi connectivity index (χ0n) is 21.5. The van der Waals surface area contributed by atoms with Gasteiger partial charge in [-0.2, -0.15) is 0 Å². The fraction of sp³-hybridized carbons (Fsp3) is 1.00. The molecule has 0 aromatic heterocycles. The third-order valence-electron chi connectivity index (χ3n) is 6.03. The summed E-state index contributed by atoms with van der Waals surface area (Å²) in [4.78, 5) is 0. The van der Waals surface area contributed by atoms with Gasteiger partial charge < -0.3 is 32.7 Å². The van der Waals surface area contributed by atoms with E-state index in [4.69, 9.17) is 11.5 Å². The van der Waals surface area contributed by atoms with Gasteiger partial charge >= 0.3 is 0 Å². The lowest BCUT2D eigenvalue weighted by Crippen LogP contribution is -2.28. The highest BCUT2D eigenvalue weighted by atomic mass is 14.9. The molecule has 0 fully saturated rings. The monoisotopic (exact) mass is 456 g/mol. The number of hydrogen-bond acceptors (Lipinski definition) is 6. The van der Waals surface area contributed by atoms with Crippen LogP contribution in [0.5, 0.6) is 0 Å². The van der Waals surface area contributed by atoms with Crippen LogP contribution in [0.1, 0.15) is 103 Å². The maximum Gasteiger partial charge on any atom is 0.00767 e. The molecule has 0 aliphatic carbocycles. The van der Waals surface area contributed by atoms with Gasteiger partial charge in [-0.3, -0.25) is 0 Å². The Hall–Kier alpha value is -0.240. The Morgan fingerprint density at radius 3 is 0.719 bits per heavy atom. The second kappa shape index (κ2) is 30.8. The topological polar surface area (TPSA) is 100 Å². The number of nitrogens with one attached hydrogen (secondary N) is 4. The average Bonchev–Trinajstić information content (AvgIpc) is 2.81. The Balaban J connectivity index is 2.98. The molecule has 0 saturated carbocycles. The standard InChI is InChI=1S/C26H60N6/c27-17-23-29-19-13-9-5-1-3-7-11-15-21-31-25-26-32-22-16-12-8-4-2-6-10-14-20-30-24-18-28/h29-32H,1-28H2. The van der Waals surface area contributed by atoms with E-state index in [-0.39, 0.29) is 0 Å². The van der Waals surface area contributed by atoms with Gasteiger partial charge in [0.05, 0.1) is 0 Å². The smallest absolute Gasteiger partial charge is 0.00767 e. The molecule has 0 saturated heterocycles. The summed E-state index contributed by atoms with van der Waals surface area (Å²) in [5.74, 6) is 0. The third-order valence-corrected chi connectivity index (χ3v) is 6.03. The molecular formula is C26H60N6. The van der Waals surface area contributed by atoms with E-state index in [0.29, 0.717) is 0 Å². The van der Waals surface area contributed by atoms with Crippen LogP contribution in [-0.2, 0) is 0 Å². The van der Waals surface area contributed by atoms with Gasteiger partial charge in [0.1, 0.15) is 0 Å². The fourth-order valence-electron chi connectivity index (χ4n) is 4.00. The van der Waals surface area contributed by atoms with E-state index in [0.717, 1.165) is 52.4 Å². The van der Waals surface area contributed by atoms with Gasteiger partial charge in [0.2, 0.25) is 0 Å². The number of nitrogens with two attached hydrogens (primary N) is 2. The largest absolute Gasteiger partial charge is 0.329 e. The van der Waals surface area contributed by atoms with Gasteiger partial charge in [0, 0.05) is 39.3 Å². The van der Waals surface area contributed by atoms with Crippen molar-refractivity contribution in [2.75, 3.05) is 65.4 Å². The summed E-state index contributed by atoms with van der Waals surface area (Å²) in [6.07, 6.45) is 21.9. The lowest BCUT2D eigenvalue weighted by Gasteiger charge is -2.07. The minimum absolute atomic E-state index is 0.751. The summed E-state index contributed by atoms with van der Waals surface area (Å²) in [7, 11) is 0. The molecule has 0 radical (unpaired) electrons. The second-order valence-corrected chi connectivity index (χ2v) is 9.23. The molecule has 0 heterocycles. The highest BCUT2D eigenvalue weighted by Gasteiger charge is 1.95. The third kappa shape index (κ3) is 29.8. The Kier molecular flexibility index (Phi) is 30.5. The van der Waals surface area contributed by atoms with Crippen molar-refractivity contribution in [3.8, 4) is 0 Å². The van der Waals surface area contributed by atoms with Crippen molar-refractivity contribution in [1.82, 2.24) is 21.3 Å². The molecule has 0 aromatic carbocycles. The molecule has 0 spiro atoms. The molecule has 0 amide bonds. The van der Waals surface area contributed by atoms with Crippen LogP contribution in [-0.4, -0.2) is 65.4 Å². The van der Waals surface area contributed by atoms with E-state index in [1.165, 1.54) is 116 Å². The maximum atomic E-state index is 5.46. The van der Waals surface area contributed by atoms with Crippen LogP contribution in [0.15, 0.2) is 0 Å². The minimum atomic E-state index is 0.751. The van der Waals surface area contributed by atoms with Crippen LogP contribution in [0.25, 0.3) is 0 Å². The lowest BCUT2D eigenvalue weighted by atomic mass is 10.1. The van der Waals surface area contributed by atoms with Crippen molar-refractivity contribution >= 4 is 0 Å². The molecule has 0 aliphatic heterocycles. The van der Waals surface area contributed by atoms with Crippen LogP contribution in [0.4, 0.5) is 0 Å². The van der Waals surface area contributed by atoms with Gasteiger partial charge in [-0.15, -0.1) is 0 Å². The van der Waals surface area contributed by atoms with Crippen molar-refractivity contribution in [1.29, 1.82) is 0 Å². The summed E-state index contributed by atoms with van der Waals surface area (Å²) in [6, 6.07) is 0. The number of rotatable bonds is 29. The Labute approximate surface area is 201 Å². The van der Waals surface area contributed by atoms with E-state index in [1.807, 2.05) is 0 Å². The van der Waals surface area contributed by atoms with E-state index in [1.54, 1.807) is 0 Å². The van der Waals surface area contributed by atoms with E-state index in [9.17, 15) is 0 Å². The normalized spacial score (nSPS) is 11.4. The predicted octanol–water partition coefficient (Wildman–Crippen LogP) is 3.50. The number of unbranched alkanes of at least 4 members (excludes halogenated alkanes) is 14. The molecule has 0 aliphatic rings. The first-order valence-corrected chi connectivity index (χ1v) is 14.1. The van der Waals surface area contributed by atoms with Gasteiger partial charge in [-0.05, 0) is 51.9 Å². The highest BCUT2D eigenvalue weighted by molar-refractivity contribution is 4.56. The zero-order chi connectivity index (χ0) is 23.2. The quantitative estimate of drug-likeness (QED) is 0.0964. The highest BCUT2D eigenvalue weighted by Crippen LogP contribution is 2.09. The van der Waals surface area contributed by atoms with Crippen LogP contribution in [0, 0.1) is 0 Å². The van der Waals surface area contributed by atoms with Crippen molar-refractivity contribution < 1.29 is 0 Å². The Bertz CT molecular complexity index is 287. The van der Waals surface area contributed by atoms with Gasteiger partial charge in [0.25, 0.3) is 0 Å². The van der Waals surface area contributed by atoms with E-state index in [2.05, 4.69) is 21.3 Å². The maximum absolute atomic E-state index is 5.46. The Morgan fingerprint density at radius 2 is 0.469 bits per heavy atom. The first-order chi connectivity index (χ1) is 15.9. The van der Waals surface area contributed by atoms with Gasteiger partial charge in [-0.25, -0.2) is 0 Å². The summed E-state index contributed by atoms with van der Waals surface area (Å²) in [5.41, 5.74) is 10.9. The van der Waals surface area contributed by atoms with E-state index < -0.39 is 0 Å². The minimum Gasteiger partial charge on any atom is -0.329 e. The van der Waals surface area contributed by atoms with Crippen molar-refractivity contribution in [3.63, 3.8) is 0 Å². The zero-order valence-corrected chi connectivity index (χ0v) is 21.5. The second-order valence-electron chi connectivity index (χ2n) is 9.23. The molecular weight excluding hydrogens is 396 g/mol. The van der Waals surface area contributed by atoms with Gasteiger partial charge in [-0.1, -0.05) is 77.0 Å². The molecule has 6 heteroatoms. The molecule has 6 nitrogen and oxygen atoms in total. The molecule has 32 heavy (non-hydrogen) atoms. The van der Waals surface area contributed by atoms with Crippen LogP contribution in [0.2, 0.25) is 0 Å². The number of hydrogen-bond donors (Lipinski definition) is 6. The van der Waals surface area contributed by atoms with E-state index >= 15 is 0 Å². The van der Waals surface area contributed by atoms with Crippen LogP contribution < -0.4 is 32.7 Å². The summed E-state index contributed by atoms with van der Waals surface area (Å²) in [5, 5.41) is 13.9. The molecule has 194 valence electrons. The lowest BCUT2D eigenvalue weighted by molar-refractivity contribution is 0.526. The molecule has 0 unspecified atom stereocenters. The molecule has 0 bridgehead atoms. The SMILES string of the molecule is NCCNCCCCCCCCCCNCCNCCCCCCCCCCNCCN. The Morgan fingerprint density at radius 1 is 0.250 bits per heavy atom. The summed E-state index contributed by atoms with van der Waals surface area (Å²) >= 11 is 0. The predicted molar refractivity (Wildman–Crippen MR) is 143 cm³/mol. The molecule has 8 N–H and O–H groups in total. The average molecular weight is 457 g/mol. The first-order valence-electron chi connectivity index (χ1n) is 14.1.